The number of hydrogen-bond acceptors (Lipinski definition) is 6. The number of methoxy groups -OCH3 is 3. The van der Waals surface area contributed by atoms with Crippen LogP contribution in [0.25, 0.3) is 10.6 Å². The van der Waals surface area contributed by atoms with Gasteiger partial charge in [-0.05, 0) is 24.6 Å². The number of aromatic nitrogens is 1. The van der Waals surface area contributed by atoms with Crippen molar-refractivity contribution in [1.29, 1.82) is 0 Å². The van der Waals surface area contributed by atoms with E-state index < -0.39 is 0 Å². The number of halogens is 1. The Morgan fingerprint density at radius 3 is 2.28 bits per heavy atom. The number of guanidine groups is 1. The number of thiazole rings is 1. The highest BCUT2D eigenvalue weighted by atomic mass is 127. The van der Waals surface area contributed by atoms with E-state index in [9.17, 15) is 0 Å². The second-order valence-electron chi connectivity index (χ2n) is 6.59. The maximum absolute atomic E-state index is 5.43. The number of benzene rings is 2. The van der Waals surface area contributed by atoms with E-state index in [-0.39, 0.29) is 24.0 Å². The van der Waals surface area contributed by atoms with Gasteiger partial charge in [-0.15, -0.1) is 35.3 Å². The van der Waals surface area contributed by atoms with E-state index in [1.807, 2.05) is 37.3 Å². The summed E-state index contributed by atoms with van der Waals surface area (Å²) in [5.74, 6) is 2.51. The molecule has 3 rings (SSSR count). The molecule has 0 aliphatic rings. The van der Waals surface area contributed by atoms with Crippen LogP contribution >= 0.6 is 35.3 Å². The Balaban J connectivity index is 0.00000363. The van der Waals surface area contributed by atoms with Crippen LogP contribution in [-0.2, 0) is 13.1 Å². The summed E-state index contributed by atoms with van der Waals surface area (Å²) in [4.78, 5) is 9.41. The molecule has 2 N–H and O–H groups in total. The lowest BCUT2D eigenvalue weighted by molar-refractivity contribution is 0.324. The number of rotatable bonds is 9. The van der Waals surface area contributed by atoms with Crippen molar-refractivity contribution >= 4 is 41.3 Å². The van der Waals surface area contributed by atoms with Crippen molar-refractivity contribution in [1.82, 2.24) is 15.6 Å². The summed E-state index contributed by atoms with van der Waals surface area (Å²) < 4.78 is 16.2. The molecule has 0 aliphatic carbocycles. The van der Waals surface area contributed by atoms with Crippen LogP contribution in [0.4, 0.5) is 0 Å². The van der Waals surface area contributed by atoms with Crippen LogP contribution < -0.4 is 24.8 Å². The second kappa shape index (κ2) is 13.1. The largest absolute Gasteiger partial charge is 0.493 e. The Morgan fingerprint density at radius 2 is 1.69 bits per heavy atom. The van der Waals surface area contributed by atoms with Gasteiger partial charge in [-0.1, -0.05) is 30.3 Å². The molecule has 0 radical (unpaired) electrons. The predicted octanol–water partition coefficient (Wildman–Crippen LogP) is 4.71. The Bertz CT molecular complexity index is 986. The van der Waals surface area contributed by atoms with Crippen molar-refractivity contribution in [3.8, 4) is 27.8 Å². The van der Waals surface area contributed by atoms with Gasteiger partial charge in [-0.2, -0.15) is 0 Å². The lowest BCUT2D eigenvalue weighted by Crippen LogP contribution is -2.36. The third-order valence-electron chi connectivity index (χ3n) is 4.50. The number of aliphatic imine (C=N–C) groups is 1. The van der Waals surface area contributed by atoms with Gasteiger partial charge in [0.05, 0.1) is 40.1 Å². The average molecular weight is 568 g/mol. The molecular formula is C23H29IN4O3S. The zero-order valence-electron chi connectivity index (χ0n) is 18.7. The van der Waals surface area contributed by atoms with Crippen molar-refractivity contribution in [2.45, 2.75) is 20.0 Å². The number of nitrogens with zero attached hydrogens (tertiary/aromatic N) is 2. The molecule has 0 fully saturated rings. The summed E-state index contributed by atoms with van der Waals surface area (Å²) in [6, 6.07) is 14.0. The van der Waals surface area contributed by atoms with Crippen LogP contribution in [0.3, 0.4) is 0 Å². The zero-order chi connectivity index (χ0) is 22.1. The fraction of sp³-hybridized carbons (Fsp3) is 0.304. The monoisotopic (exact) mass is 568 g/mol. The highest BCUT2D eigenvalue weighted by Crippen LogP contribution is 2.38. The van der Waals surface area contributed by atoms with Crippen LogP contribution in [0.2, 0.25) is 0 Å². The van der Waals surface area contributed by atoms with Crippen LogP contribution in [0.5, 0.6) is 17.2 Å². The molecule has 0 aliphatic heterocycles. The Hall–Kier alpha value is -2.53. The van der Waals surface area contributed by atoms with Gasteiger partial charge in [0, 0.05) is 17.5 Å². The minimum atomic E-state index is 0. The maximum Gasteiger partial charge on any atom is 0.203 e. The first-order valence-corrected chi connectivity index (χ1v) is 10.9. The van der Waals surface area contributed by atoms with Gasteiger partial charge in [0.2, 0.25) is 5.75 Å². The molecule has 0 spiro atoms. The van der Waals surface area contributed by atoms with Crippen molar-refractivity contribution in [2.24, 2.45) is 4.99 Å². The van der Waals surface area contributed by atoms with Crippen molar-refractivity contribution in [3.63, 3.8) is 0 Å². The fourth-order valence-electron chi connectivity index (χ4n) is 3.01. The molecule has 172 valence electrons. The van der Waals surface area contributed by atoms with Gasteiger partial charge in [0.15, 0.2) is 17.5 Å². The van der Waals surface area contributed by atoms with E-state index in [0.29, 0.717) is 36.3 Å². The van der Waals surface area contributed by atoms with Gasteiger partial charge in [-0.3, -0.25) is 0 Å². The smallest absolute Gasteiger partial charge is 0.203 e. The molecule has 1 aromatic heterocycles. The van der Waals surface area contributed by atoms with E-state index >= 15 is 0 Å². The minimum Gasteiger partial charge on any atom is -0.493 e. The molecular weight excluding hydrogens is 539 g/mol. The number of ether oxygens (including phenoxy) is 3. The average Bonchev–Trinajstić information content (AvgIpc) is 3.29. The summed E-state index contributed by atoms with van der Waals surface area (Å²) in [6.45, 7) is 3.84. The Kier molecular flexibility index (Phi) is 10.5. The molecule has 0 amide bonds. The van der Waals surface area contributed by atoms with Crippen molar-refractivity contribution in [2.75, 3.05) is 27.9 Å². The van der Waals surface area contributed by atoms with E-state index in [2.05, 4.69) is 33.1 Å². The summed E-state index contributed by atoms with van der Waals surface area (Å²) in [7, 11) is 4.80. The lowest BCUT2D eigenvalue weighted by atomic mass is 10.2. The second-order valence-corrected chi connectivity index (χ2v) is 7.45. The molecule has 7 nitrogen and oxygen atoms in total. The van der Waals surface area contributed by atoms with Gasteiger partial charge in [-0.25, -0.2) is 9.98 Å². The third-order valence-corrected chi connectivity index (χ3v) is 5.44. The quantitative estimate of drug-likeness (QED) is 0.221. The van der Waals surface area contributed by atoms with Gasteiger partial charge in [0.25, 0.3) is 0 Å². The van der Waals surface area contributed by atoms with E-state index in [0.717, 1.165) is 28.4 Å². The third kappa shape index (κ3) is 6.73. The number of nitrogens with one attached hydrogen (secondary N) is 2. The van der Waals surface area contributed by atoms with Gasteiger partial charge in [0.1, 0.15) is 5.01 Å². The summed E-state index contributed by atoms with van der Waals surface area (Å²) in [5.41, 5.74) is 3.05. The highest BCUT2D eigenvalue weighted by molar-refractivity contribution is 14.0. The summed E-state index contributed by atoms with van der Waals surface area (Å²) >= 11 is 1.64. The molecule has 0 atom stereocenters. The van der Waals surface area contributed by atoms with E-state index in [1.54, 1.807) is 32.7 Å². The lowest BCUT2D eigenvalue weighted by Gasteiger charge is -2.14. The van der Waals surface area contributed by atoms with Crippen LogP contribution in [0.1, 0.15) is 18.2 Å². The Labute approximate surface area is 210 Å². The first kappa shape index (κ1) is 25.7. The minimum absolute atomic E-state index is 0. The van der Waals surface area contributed by atoms with Crippen molar-refractivity contribution < 1.29 is 14.2 Å². The molecule has 0 saturated heterocycles. The molecule has 3 aromatic rings. The van der Waals surface area contributed by atoms with Crippen LogP contribution in [-0.4, -0.2) is 38.8 Å². The number of hydrogen-bond donors (Lipinski definition) is 2. The molecule has 0 saturated carbocycles. The molecule has 0 bridgehead atoms. The first-order valence-electron chi connectivity index (χ1n) is 9.99. The topological polar surface area (TPSA) is 77.0 Å². The summed E-state index contributed by atoms with van der Waals surface area (Å²) in [5, 5.41) is 9.69. The predicted molar refractivity (Wildman–Crippen MR) is 141 cm³/mol. The maximum atomic E-state index is 5.43. The SMILES string of the molecule is CCNC(=NCc1cc(OC)c(OC)c(OC)c1)NCc1csc(-c2ccccc2)n1.I. The van der Waals surface area contributed by atoms with E-state index in [1.165, 1.54) is 0 Å². The first-order chi connectivity index (χ1) is 15.2. The van der Waals surface area contributed by atoms with Crippen LogP contribution in [0.15, 0.2) is 52.8 Å². The highest BCUT2D eigenvalue weighted by Gasteiger charge is 2.13. The zero-order valence-corrected chi connectivity index (χ0v) is 21.8. The summed E-state index contributed by atoms with van der Waals surface area (Å²) in [6.07, 6.45) is 0. The molecule has 32 heavy (non-hydrogen) atoms. The molecule has 1 heterocycles. The van der Waals surface area contributed by atoms with Gasteiger partial charge >= 0.3 is 0 Å². The molecule has 9 heteroatoms. The fourth-order valence-corrected chi connectivity index (χ4v) is 3.84. The standard InChI is InChI=1S/C23H28N4O3S.HI/c1-5-24-23(25-13-16-11-19(28-2)21(30-4)20(12-16)29-3)26-14-18-15-31-22(27-18)17-9-7-6-8-10-17;/h6-12,15H,5,13-14H2,1-4H3,(H2,24,25,26);1H. The van der Waals surface area contributed by atoms with Crippen molar-refractivity contribution in [3.05, 3.63) is 59.1 Å². The molecule has 2 aromatic carbocycles. The molecule has 0 unspecified atom stereocenters. The Morgan fingerprint density at radius 1 is 1.00 bits per heavy atom. The van der Waals surface area contributed by atoms with E-state index in [4.69, 9.17) is 19.2 Å². The van der Waals surface area contributed by atoms with Gasteiger partial charge < -0.3 is 24.8 Å². The normalized spacial score (nSPS) is 10.8. The van der Waals surface area contributed by atoms with Crippen LogP contribution in [0, 0.1) is 0 Å².